The van der Waals surface area contributed by atoms with Gasteiger partial charge in [0.1, 0.15) is 6.10 Å². The van der Waals surface area contributed by atoms with Crippen LogP contribution >= 0.6 is 0 Å². The molecule has 0 aliphatic heterocycles. The van der Waals surface area contributed by atoms with E-state index >= 15 is 0 Å². The van der Waals surface area contributed by atoms with Crippen LogP contribution in [0.25, 0.3) is 0 Å². The van der Waals surface area contributed by atoms with Crippen molar-refractivity contribution >= 4 is 0 Å². The zero-order valence-corrected chi connectivity index (χ0v) is 9.67. The molecule has 0 bridgehead atoms. The summed E-state index contributed by atoms with van der Waals surface area (Å²) in [6, 6.07) is 0. The Kier molecular flexibility index (Phi) is 5.18. The average molecular weight is 305 g/mol. The van der Waals surface area contributed by atoms with Gasteiger partial charge < -0.3 is 4.74 Å². The summed E-state index contributed by atoms with van der Waals surface area (Å²) >= 11 is 0. The Balaban J connectivity index is 5.38. The lowest BCUT2D eigenvalue weighted by molar-refractivity contribution is -0.405. The van der Waals surface area contributed by atoms with Crippen molar-refractivity contribution < 1.29 is 44.3 Å². The highest BCUT2D eigenvalue weighted by molar-refractivity contribution is 5.02. The number of hydrogen-bond donors (Lipinski definition) is 0. The first-order valence-electron chi connectivity index (χ1n) is 4.90. The highest BCUT2D eigenvalue weighted by Crippen LogP contribution is 2.54. The number of alkyl halides is 9. The van der Waals surface area contributed by atoms with Crippen molar-refractivity contribution in [3.8, 4) is 0 Å². The van der Waals surface area contributed by atoms with Gasteiger partial charge in [-0.05, 0) is 13.3 Å². The summed E-state index contributed by atoms with van der Waals surface area (Å²) in [6.07, 6.45) is -9.69. The first-order valence-corrected chi connectivity index (χ1v) is 4.90. The van der Waals surface area contributed by atoms with Gasteiger partial charge in [-0.1, -0.05) is 6.92 Å². The Morgan fingerprint density at radius 1 is 0.895 bits per heavy atom. The summed E-state index contributed by atoms with van der Waals surface area (Å²) in [4.78, 5) is 0. The van der Waals surface area contributed by atoms with E-state index in [4.69, 9.17) is 0 Å². The van der Waals surface area contributed by atoms with Crippen molar-refractivity contribution in [2.75, 3.05) is 0 Å². The minimum atomic E-state index is -6.88. The van der Waals surface area contributed by atoms with Gasteiger partial charge in [0.2, 0.25) is 0 Å². The third kappa shape index (κ3) is 3.09. The summed E-state index contributed by atoms with van der Waals surface area (Å²) < 4.78 is 116. The van der Waals surface area contributed by atoms with Crippen LogP contribution in [0.3, 0.4) is 0 Å². The van der Waals surface area contributed by atoms with Crippen LogP contribution in [-0.2, 0) is 4.74 Å². The summed E-state index contributed by atoms with van der Waals surface area (Å²) in [5.74, 6) is -19.2. The van der Waals surface area contributed by atoms with Gasteiger partial charge in [0, 0.05) is 0 Å². The van der Waals surface area contributed by atoms with Crippen molar-refractivity contribution in [2.45, 2.75) is 50.3 Å². The first kappa shape index (κ1) is 18.3. The lowest BCUT2D eigenvalue weighted by Crippen LogP contribution is -2.64. The van der Waals surface area contributed by atoms with Gasteiger partial charge in [-0.2, -0.15) is 39.5 Å². The van der Waals surface area contributed by atoms with Crippen molar-refractivity contribution in [3.05, 3.63) is 6.61 Å². The van der Waals surface area contributed by atoms with Crippen LogP contribution in [0.1, 0.15) is 20.3 Å². The normalized spacial score (nSPS) is 16.6. The van der Waals surface area contributed by atoms with Crippen LogP contribution in [0.4, 0.5) is 39.5 Å². The fourth-order valence-corrected chi connectivity index (χ4v) is 0.969. The van der Waals surface area contributed by atoms with E-state index in [0.717, 1.165) is 0 Å². The Morgan fingerprint density at radius 3 is 1.63 bits per heavy atom. The zero-order chi connectivity index (χ0) is 15.7. The number of ether oxygens (including phenoxy) is 1. The van der Waals surface area contributed by atoms with Gasteiger partial charge in [-0.15, -0.1) is 0 Å². The maximum atomic E-state index is 13.1. The molecule has 0 fully saturated rings. The fourth-order valence-electron chi connectivity index (χ4n) is 0.969. The molecular formula is C9H10F9O. The maximum absolute atomic E-state index is 13.1. The van der Waals surface area contributed by atoms with Crippen LogP contribution in [0.15, 0.2) is 0 Å². The number of rotatable bonds is 6. The molecule has 1 radical (unpaired) electrons. The van der Waals surface area contributed by atoms with Crippen molar-refractivity contribution in [2.24, 2.45) is 0 Å². The molecule has 0 aliphatic carbocycles. The minimum absolute atomic E-state index is 0.0261. The lowest BCUT2D eigenvalue weighted by atomic mass is 10.00. The molecule has 19 heavy (non-hydrogen) atoms. The number of hydrogen-bond acceptors (Lipinski definition) is 1. The van der Waals surface area contributed by atoms with Gasteiger partial charge in [-0.3, -0.25) is 0 Å². The predicted molar refractivity (Wildman–Crippen MR) is 46.0 cm³/mol. The maximum Gasteiger partial charge on any atom is 0.460 e. The molecular weight excluding hydrogens is 295 g/mol. The van der Waals surface area contributed by atoms with Crippen LogP contribution < -0.4 is 0 Å². The molecule has 1 nitrogen and oxygen atoms in total. The van der Waals surface area contributed by atoms with Crippen molar-refractivity contribution in [1.29, 1.82) is 0 Å². The van der Waals surface area contributed by atoms with E-state index in [1.165, 1.54) is 6.92 Å². The molecule has 0 spiro atoms. The summed E-state index contributed by atoms with van der Waals surface area (Å²) in [5.41, 5.74) is 0. The van der Waals surface area contributed by atoms with E-state index in [9.17, 15) is 39.5 Å². The third-order valence-electron chi connectivity index (χ3n) is 2.15. The van der Waals surface area contributed by atoms with E-state index in [1.54, 1.807) is 0 Å². The second kappa shape index (κ2) is 5.37. The highest BCUT2D eigenvalue weighted by atomic mass is 19.4. The second-order valence-electron chi connectivity index (χ2n) is 3.62. The molecule has 0 aromatic rings. The molecule has 0 aromatic carbocycles. The lowest BCUT2D eigenvalue weighted by Gasteiger charge is -2.36. The first-order chi connectivity index (χ1) is 8.23. The van der Waals surface area contributed by atoms with E-state index in [-0.39, 0.29) is 13.3 Å². The topological polar surface area (TPSA) is 9.23 Å². The van der Waals surface area contributed by atoms with Crippen LogP contribution in [0, 0.1) is 6.61 Å². The van der Waals surface area contributed by atoms with Gasteiger partial charge in [0.15, 0.2) is 0 Å². The molecule has 10 heteroatoms. The SMILES string of the molecule is CC[CH]OC(C)C(F)(F)C(F)(F)C(F)(F)C(F)(F)F. The monoisotopic (exact) mass is 305 g/mol. The molecule has 0 rings (SSSR count). The van der Waals surface area contributed by atoms with E-state index in [2.05, 4.69) is 4.74 Å². The zero-order valence-electron chi connectivity index (χ0n) is 9.67. The number of halogens is 9. The quantitative estimate of drug-likeness (QED) is 0.660. The molecule has 0 aliphatic rings. The Morgan fingerprint density at radius 2 is 1.32 bits per heavy atom. The fraction of sp³-hybridized carbons (Fsp3) is 0.889. The van der Waals surface area contributed by atoms with Crippen molar-refractivity contribution in [3.63, 3.8) is 0 Å². The summed E-state index contributed by atoms with van der Waals surface area (Å²) in [7, 11) is 0. The van der Waals surface area contributed by atoms with E-state index in [0.29, 0.717) is 6.61 Å². The largest absolute Gasteiger partial charge is 0.460 e. The molecule has 0 amide bonds. The van der Waals surface area contributed by atoms with Crippen LogP contribution in [0.2, 0.25) is 0 Å². The smallest absolute Gasteiger partial charge is 0.366 e. The Hall–Kier alpha value is -0.670. The van der Waals surface area contributed by atoms with Crippen LogP contribution in [-0.4, -0.2) is 30.0 Å². The Labute approximate surface area is 102 Å². The molecule has 0 heterocycles. The van der Waals surface area contributed by atoms with Gasteiger partial charge >= 0.3 is 23.9 Å². The molecule has 1 unspecified atom stereocenters. The molecule has 0 saturated heterocycles. The van der Waals surface area contributed by atoms with E-state index < -0.39 is 30.0 Å². The van der Waals surface area contributed by atoms with Crippen LogP contribution in [0.5, 0.6) is 0 Å². The van der Waals surface area contributed by atoms with Gasteiger partial charge in [0.05, 0.1) is 6.61 Å². The molecule has 0 N–H and O–H groups in total. The minimum Gasteiger partial charge on any atom is -0.366 e. The predicted octanol–water partition coefficient (Wildman–Crippen LogP) is 4.43. The van der Waals surface area contributed by atoms with Gasteiger partial charge in [0.25, 0.3) is 0 Å². The molecule has 1 atom stereocenters. The second-order valence-corrected chi connectivity index (χ2v) is 3.62. The van der Waals surface area contributed by atoms with Crippen molar-refractivity contribution in [1.82, 2.24) is 0 Å². The average Bonchev–Trinajstić information content (AvgIpc) is 2.23. The standard InChI is InChI=1S/C9H10F9O/c1-3-4-19-5(2)6(10,11)7(12,13)8(14,15)9(16,17)18/h4-5H,3H2,1-2H3. The molecule has 0 aromatic heterocycles. The van der Waals surface area contributed by atoms with E-state index in [1.807, 2.05) is 0 Å². The summed E-state index contributed by atoms with van der Waals surface area (Å²) in [5, 5.41) is 0. The van der Waals surface area contributed by atoms with Gasteiger partial charge in [-0.25, -0.2) is 0 Å². The highest BCUT2D eigenvalue weighted by Gasteiger charge is 2.82. The third-order valence-corrected chi connectivity index (χ3v) is 2.15. The molecule has 0 saturated carbocycles. The summed E-state index contributed by atoms with van der Waals surface area (Å²) in [6.45, 7) is 2.22. The molecule has 115 valence electrons. The Bertz CT molecular complexity index is 297.